The predicted molar refractivity (Wildman–Crippen MR) is 117 cm³/mol. The first-order chi connectivity index (χ1) is 12.8. The third-order valence-corrected chi connectivity index (χ3v) is 7.63. The summed E-state index contributed by atoms with van der Waals surface area (Å²) in [6, 6.07) is 5.09. The highest BCUT2D eigenvalue weighted by molar-refractivity contribution is 7.89. The number of benzene rings is 1. The number of nitrogens with one attached hydrogen (secondary N) is 2. The molecule has 1 heterocycles. The third kappa shape index (κ3) is 6.17. The van der Waals surface area contributed by atoms with Crippen molar-refractivity contribution in [3.05, 3.63) is 23.8 Å². The van der Waals surface area contributed by atoms with E-state index in [-0.39, 0.29) is 23.2 Å². The van der Waals surface area contributed by atoms with Crippen molar-refractivity contribution in [3.63, 3.8) is 0 Å². The van der Waals surface area contributed by atoms with Gasteiger partial charge in [0.1, 0.15) is 0 Å². The topological polar surface area (TPSA) is 78.5 Å². The molecule has 160 valence electrons. The molecule has 1 aromatic carbocycles. The Morgan fingerprint density at radius 1 is 1.32 bits per heavy atom. The summed E-state index contributed by atoms with van der Waals surface area (Å²) >= 11 is 0. The number of sulfonamides is 1. The zero-order valence-electron chi connectivity index (χ0n) is 17.3. The molecule has 0 spiro atoms. The summed E-state index contributed by atoms with van der Waals surface area (Å²) in [6.45, 7) is 10.4. The molecule has 1 amide bonds. The van der Waals surface area contributed by atoms with Crippen LogP contribution >= 0.6 is 12.4 Å². The highest BCUT2D eigenvalue weighted by Crippen LogP contribution is 2.25. The Balaban J connectivity index is 0.00000392. The van der Waals surface area contributed by atoms with Crippen LogP contribution in [-0.4, -0.2) is 44.8 Å². The molecule has 1 saturated heterocycles. The zero-order chi connectivity index (χ0) is 20.0. The molecule has 8 heteroatoms. The molecule has 0 saturated carbocycles. The first-order valence-electron chi connectivity index (χ1n) is 9.90. The van der Waals surface area contributed by atoms with Crippen LogP contribution in [0, 0.1) is 18.8 Å². The van der Waals surface area contributed by atoms with Gasteiger partial charge in [-0.25, -0.2) is 8.42 Å². The number of piperidine rings is 1. The highest BCUT2D eigenvalue weighted by atomic mass is 35.5. The van der Waals surface area contributed by atoms with Crippen molar-refractivity contribution in [1.82, 2.24) is 9.62 Å². The minimum absolute atomic E-state index is 0. The average molecular weight is 432 g/mol. The maximum atomic E-state index is 12.8. The monoisotopic (exact) mass is 431 g/mol. The second-order valence-electron chi connectivity index (χ2n) is 7.41. The Labute approximate surface area is 175 Å². The summed E-state index contributed by atoms with van der Waals surface area (Å²) in [5.41, 5.74) is 1.21. The minimum atomic E-state index is -3.56. The number of carbonyl (C=O) groups is 1. The molecule has 2 rings (SSSR count). The van der Waals surface area contributed by atoms with Crippen LogP contribution in [0.4, 0.5) is 5.69 Å². The van der Waals surface area contributed by atoms with E-state index in [0.717, 1.165) is 25.9 Å². The van der Waals surface area contributed by atoms with Gasteiger partial charge in [0.25, 0.3) is 0 Å². The molecule has 2 atom stereocenters. The van der Waals surface area contributed by atoms with Crippen molar-refractivity contribution in [2.45, 2.75) is 51.9 Å². The lowest BCUT2D eigenvalue weighted by Crippen LogP contribution is -2.34. The van der Waals surface area contributed by atoms with Gasteiger partial charge in [-0.2, -0.15) is 4.31 Å². The van der Waals surface area contributed by atoms with E-state index in [2.05, 4.69) is 17.6 Å². The van der Waals surface area contributed by atoms with Gasteiger partial charge in [0, 0.05) is 25.2 Å². The number of anilines is 1. The van der Waals surface area contributed by atoms with Gasteiger partial charge in [0.05, 0.1) is 4.90 Å². The molecule has 0 aliphatic carbocycles. The number of carbonyl (C=O) groups excluding carboxylic acids is 1. The zero-order valence-corrected chi connectivity index (χ0v) is 19.0. The fourth-order valence-corrected chi connectivity index (χ4v) is 5.40. The average Bonchev–Trinajstić information content (AvgIpc) is 2.64. The second kappa shape index (κ2) is 11.1. The Bertz CT molecular complexity index is 745. The van der Waals surface area contributed by atoms with E-state index in [0.29, 0.717) is 42.6 Å². The molecule has 1 aliphatic rings. The van der Waals surface area contributed by atoms with Crippen molar-refractivity contribution in [3.8, 4) is 0 Å². The van der Waals surface area contributed by atoms with E-state index in [1.807, 2.05) is 13.8 Å². The quantitative estimate of drug-likeness (QED) is 0.661. The van der Waals surface area contributed by atoms with Gasteiger partial charge in [-0.3, -0.25) is 4.79 Å². The van der Waals surface area contributed by atoms with Crippen LogP contribution in [0.3, 0.4) is 0 Å². The highest BCUT2D eigenvalue weighted by Gasteiger charge is 2.25. The van der Waals surface area contributed by atoms with Crippen LogP contribution in [0.5, 0.6) is 0 Å². The molecule has 1 aliphatic heterocycles. The van der Waals surface area contributed by atoms with E-state index >= 15 is 0 Å². The maximum absolute atomic E-state index is 12.8. The summed E-state index contributed by atoms with van der Waals surface area (Å²) in [4.78, 5) is 12.7. The first-order valence-corrected chi connectivity index (χ1v) is 11.3. The number of rotatable bonds is 8. The molecule has 28 heavy (non-hydrogen) atoms. The molecule has 2 N–H and O–H groups in total. The molecule has 0 bridgehead atoms. The van der Waals surface area contributed by atoms with Gasteiger partial charge in [-0.15, -0.1) is 12.4 Å². The SMILES string of the molecule is CCN(CC)S(=O)(=O)c1cc(NC(=O)CC(C)C2CCCNC2)ccc1C.Cl. The number of halogens is 1. The lowest BCUT2D eigenvalue weighted by molar-refractivity contribution is -0.117. The second-order valence-corrected chi connectivity index (χ2v) is 9.31. The first kappa shape index (κ1) is 24.9. The maximum Gasteiger partial charge on any atom is 0.243 e. The van der Waals surface area contributed by atoms with E-state index in [1.165, 1.54) is 4.31 Å². The van der Waals surface area contributed by atoms with Gasteiger partial charge in [0.2, 0.25) is 15.9 Å². The largest absolute Gasteiger partial charge is 0.326 e. The van der Waals surface area contributed by atoms with E-state index in [1.54, 1.807) is 25.1 Å². The van der Waals surface area contributed by atoms with Gasteiger partial charge >= 0.3 is 0 Å². The smallest absolute Gasteiger partial charge is 0.243 e. The van der Waals surface area contributed by atoms with Gasteiger partial charge < -0.3 is 10.6 Å². The molecule has 2 unspecified atom stereocenters. The fraction of sp³-hybridized carbons (Fsp3) is 0.650. The summed E-state index contributed by atoms with van der Waals surface area (Å²) < 4.78 is 27.1. The normalized spacial score (nSPS) is 18.4. The van der Waals surface area contributed by atoms with Crippen LogP contribution in [0.2, 0.25) is 0 Å². The number of nitrogens with zero attached hydrogens (tertiary/aromatic N) is 1. The fourth-order valence-electron chi connectivity index (χ4n) is 3.69. The van der Waals surface area contributed by atoms with E-state index in [9.17, 15) is 13.2 Å². The molecular formula is C20H34ClN3O3S. The van der Waals surface area contributed by atoms with Crippen molar-refractivity contribution in [2.75, 3.05) is 31.5 Å². The molecule has 0 radical (unpaired) electrons. The third-order valence-electron chi connectivity index (χ3n) is 5.44. The van der Waals surface area contributed by atoms with Crippen LogP contribution in [0.25, 0.3) is 0 Å². The minimum Gasteiger partial charge on any atom is -0.326 e. The molecule has 0 aromatic heterocycles. The molecule has 1 aromatic rings. The van der Waals surface area contributed by atoms with Crippen LogP contribution in [0.15, 0.2) is 23.1 Å². The Morgan fingerprint density at radius 3 is 2.57 bits per heavy atom. The Morgan fingerprint density at radius 2 is 2.00 bits per heavy atom. The van der Waals surface area contributed by atoms with Crippen molar-refractivity contribution in [1.29, 1.82) is 0 Å². The van der Waals surface area contributed by atoms with Crippen LogP contribution < -0.4 is 10.6 Å². The van der Waals surface area contributed by atoms with Gasteiger partial charge in [-0.05, 0) is 62.4 Å². The molecular weight excluding hydrogens is 398 g/mol. The molecule has 6 nitrogen and oxygen atoms in total. The van der Waals surface area contributed by atoms with E-state index < -0.39 is 10.0 Å². The summed E-state index contributed by atoms with van der Waals surface area (Å²) in [6.07, 6.45) is 2.75. The summed E-state index contributed by atoms with van der Waals surface area (Å²) in [5.74, 6) is 0.742. The number of hydrogen-bond acceptors (Lipinski definition) is 4. The van der Waals surface area contributed by atoms with Crippen molar-refractivity contribution in [2.24, 2.45) is 11.8 Å². The lowest BCUT2D eigenvalue weighted by Gasteiger charge is -2.28. The Kier molecular flexibility index (Phi) is 9.90. The van der Waals surface area contributed by atoms with Gasteiger partial charge in [0.15, 0.2) is 0 Å². The van der Waals surface area contributed by atoms with Crippen molar-refractivity contribution < 1.29 is 13.2 Å². The van der Waals surface area contributed by atoms with E-state index in [4.69, 9.17) is 0 Å². The number of hydrogen-bond donors (Lipinski definition) is 2. The lowest BCUT2D eigenvalue weighted by atomic mass is 9.85. The van der Waals surface area contributed by atoms with Crippen LogP contribution in [0.1, 0.15) is 45.6 Å². The number of aryl methyl sites for hydroxylation is 1. The predicted octanol–water partition coefficient (Wildman–Crippen LogP) is 3.41. The standard InChI is InChI=1S/C20H33N3O3S.ClH/c1-5-23(6-2)27(25,26)19-13-18(10-9-15(19)3)22-20(24)12-16(4)17-8-7-11-21-14-17;/h9-10,13,16-17,21H,5-8,11-12,14H2,1-4H3,(H,22,24);1H. The molecule has 1 fully saturated rings. The number of amides is 1. The van der Waals surface area contributed by atoms with Gasteiger partial charge in [-0.1, -0.05) is 26.8 Å². The van der Waals surface area contributed by atoms with Crippen molar-refractivity contribution >= 4 is 34.0 Å². The summed E-state index contributed by atoms with van der Waals surface area (Å²) in [7, 11) is -3.56. The summed E-state index contributed by atoms with van der Waals surface area (Å²) in [5, 5.41) is 6.27. The Hall–Kier alpha value is -1.15. The van der Waals surface area contributed by atoms with Crippen LogP contribution in [-0.2, 0) is 14.8 Å².